The summed E-state index contributed by atoms with van der Waals surface area (Å²) in [5.74, 6) is 0. The monoisotopic (exact) mass is 899 g/mol. The Labute approximate surface area is 372 Å². The first-order valence-corrected chi connectivity index (χ1v) is 43.2. The Kier molecular flexibility index (Phi) is 32.6. The van der Waals surface area contributed by atoms with E-state index in [9.17, 15) is 0 Å². The normalized spacial score (nSPS) is 12.1. The number of hydrogen-bond acceptors (Lipinski definition) is 2. The molecular weight excluding hydrogens is 797 g/mol. The van der Waals surface area contributed by atoms with Crippen molar-refractivity contribution in [3.8, 4) is 12.1 Å². The summed E-state index contributed by atoms with van der Waals surface area (Å²) in [5.41, 5.74) is 0. The molecule has 0 aliphatic heterocycles. The van der Waals surface area contributed by atoms with Gasteiger partial charge in [-0.1, -0.05) is 269 Å². The Morgan fingerprint density at radius 2 is 0.793 bits per heavy atom. The van der Waals surface area contributed by atoms with Crippen LogP contribution in [0.15, 0.2) is 60.7 Å². The summed E-state index contributed by atoms with van der Waals surface area (Å²) in [6.45, 7) is 56.9. The summed E-state index contributed by atoms with van der Waals surface area (Å²) in [6.07, 6.45) is 3.84. The van der Waals surface area contributed by atoms with Crippen molar-refractivity contribution < 1.29 is 0 Å². The number of nitrogens with zero attached hydrogens (tertiary/aromatic N) is 2. The van der Waals surface area contributed by atoms with Crippen molar-refractivity contribution in [3.63, 3.8) is 0 Å². The molecule has 2 rings (SSSR count). The van der Waals surface area contributed by atoms with Gasteiger partial charge in [0, 0.05) is 37.1 Å². The van der Waals surface area contributed by atoms with Crippen LogP contribution in [0.25, 0.3) is 0 Å². The molecular formula is C50H102N2Si6. The predicted octanol–water partition coefficient (Wildman–Crippen LogP) is 17.5. The van der Waals surface area contributed by atoms with E-state index in [1.54, 1.807) is 5.19 Å². The molecule has 2 nitrogen and oxygen atoms in total. The first-order chi connectivity index (χ1) is 26.1. The van der Waals surface area contributed by atoms with Crippen molar-refractivity contribution in [2.45, 2.75) is 233 Å². The van der Waals surface area contributed by atoms with Gasteiger partial charge in [-0.15, -0.1) is 0 Å². The predicted molar refractivity (Wildman–Crippen MR) is 289 cm³/mol. The first-order valence-electron chi connectivity index (χ1n) is 22.9. The molecule has 0 bridgehead atoms. The van der Waals surface area contributed by atoms with E-state index >= 15 is 0 Å². The van der Waals surface area contributed by atoms with E-state index in [-0.39, 0.29) is 0 Å². The Morgan fingerprint density at radius 1 is 0.448 bits per heavy atom. The van der Waals surface area contributed by atoms with Crippen LogP contribution in [-0.4, -0.2) is 48.4 Å². The Bertz CT molecular complexity index is 1330. The number of rotatable bonds is 12. The van der Waals surface area contributed by atoms with Gasteiger partial charge in [0.25, 0.3) is 0 Å². The van der Waals surface area contributed by atoms with E-state index in [1.807, 2.05) is 0 Å². The number of benzene rings is 2. The second kappa shape index (κ2) is 29.9. The summed E-state index contributed by atoms with van der Waals surface area (Å²) in [5, 5.41) is 20.6. The molecule has 0 atom stereocenters. The molecule has 0 fully saturated rings. The summed E-state index contributed by atoms with van der Waals surface area (Å²) in [4.78, 5) is 0. The molecule has 336 valence electrons. The molecule has 0 saturated heterocycles. The van der Waals surface area contributed by atoms with Crippen molar-refractivity contribution >= 4 is 58.8 Å². The van der Waals surface area contributed by atoms with E-state index in [1.165, 1.54) is 41.8 Å². The minimum atomic E-state index is -1.11. The largest absolute Gasteiger partial charge is 0.198 e. The zero-order valence-electron chi connectivity index (χ0n) is 43.7. The standard InChI is InChI=1S/C11H18Si.C10H24Si.C9H14Si.C8H17NSi.C6H13NSi.C6H16Si/c1-4-12(3,5-2)11-9-7-6-8-10-11;1-9(2,3)11(7,8)10(4,5)6;1-10(2,3)9-7-5-4-6-8-9;1-10(2,3)8-6-4-5-7-9;1-8(2,3)6-4-5-7;1-5-7(3,4)6-2/h6-10H,4-5H2,1-3H3;1-8H3;4-8H,1-3H3;4-6,8H2,1-3H3;4,6H2,1-3H3;5-6H2,1-4H3. The lowest BCUT2D eigenvalue weighted by atomic mass is 10.2. The molecule has 0 aliphatic carbocycles. The summed E-state index contributed by atoms with van der Waals surface area (Å²) in [7, 11) is -5.58. The molecule has 58 heavy (non-hydrogen) atoms. The van der Waals surface area contributed by atoms with Crippen molar-refractivity contribution in [2.24, 2.45) is 0 Å². The van der Waals surface area contributed by atoms with Crippen LogP contribution in [-0.2, 0) is 0 Å². The van der Waals surface area contributed by atoms with Gasteiger partial charge in [0.1, 0.15) is 0 Å². The van der Waals surface area contributed by atoms with Crippen molar-refractivity contribution in [3.05, 3.63) is 60.7 Å². The van der Waals surface area contributed by atoms with Crippen LogP contribution in [0.1, 0.15) is 94.9 Å². The van der Waals surface area contributed by atoms with Gasteiger partial charge in [0.2, 0.25) is 0 Å². The SMILES string of the molecule is CC(C)(C)[Si](C)(C)C(C)(C)C.CC[Si](C)(C)CC.CC[Si](C)(CC)c1ccccc1.C[Si](C)(C)CCC#N.C[Si](C)(C)CCCCC#N.C[Si](C)(C)c1ccccc1. The zero-order valence-corrected chi connectivity index (χ0v) is 49.7. The van der Waals surface area contributed by atoms with E-state index in [2.05, 4.69) is 234 Å². The maximum Gasteiger partial charge on any atom is 0.0831 e. The highest BCUT2D eigenvalue weighted by Gasteiger charge is 2.44. The molecule has 0 unspecified atom stereocenters. The van der Waals surface area contributed by atoms with Crippen LogP contribution < -0.4 is 10.4 Å². The Hall–Kier alpha value is -1.28. The topological polar surface area (TPSA) is 47.6 Å². The summed E-state index contributed by atoms with van der Waals surface area (Å²) >= 11 is 0. The highest BCUT2D eigenvalue weighted by Crippen LogP contribution is 2.50. The molecule has 0 amide bonds. The highest BCUT2D eigenvalue weighted by atomic mass is 28.3. The smallest absolute Gasteiger partial charge is 0.0831 e. The third-order valence-electron chi connectivity index (χ3n) is 12.8. The molecule has 0 spiro atoms. The number of nitriles is 2. The molecule has 2 aromatic rings. The quantitative estimate of drug-likeness (QED) is 0.157. The fraction of sp³-hybridized carbons (Fsp3) is 0.720. The molecule has 0 N–H and O–H groups in total. The van der Waals surface area contributed by atoms with Gasteiger partial charge in [0.15, 0.2) is 0 Å². The average Bonchev–Trinajstić information content (AvgIpc) is 3.12. The average molecular weight is 900 g/mol. The third kappa shape index (κ3) is 33.4. The lowest BCUT2D eigenvalue weighted by Gasteiger charge is -2.47. The summed E-state index contributed by atoms with van der Waals surface area (Å²) < 4.78 is 0. The number of hydrogen-bond donors (Lipinski definition) is 0. The first kappa shape index (κ1) is 63.4. The maximum atomic E-state index is 8.26. The molecule has 2 aromatic carbocycles. The van der Waals surface area contributed by atoms with Crippen molar-refractivity contribution in [2.75, 3.05) is 0 Å². The second-order valence-electron chi connectivity index (χ2n) is 23.4. The fourth-order valence-corrected chi connectivity index (χ4v) is 13.5. The fourth-order valence-electron chi connectivity index (χ4n) is 5.10. The van der Waals surface area contributed by atoms with Crippen LogP contribution in [0, 0.1) is 22.7 Å². The van der Waals surface area contributed by atoms with E-state index < -0.39 is 48.4 Å². The highest BCUT2D eigenvalue weighted by molar-refractivity contribution is 6.90. The minimum Gasteiger partial charge on any atom is -0.198 e. The Balaban J connectivity index is -0.000000304. The lowest BCUT2D eigenvalue weighted by molar-refractivity contribution is 0.622. The van der Waals surface area contributed by atoms with Crippen molar-refractivity contribution in [1.29, 1.82) is 10.5 Å². The van der Waals surface area contributed by atoms with Crippen LogP contribution >= 0.6 is 0 Å². The molecule has 0 aromatic heterocycles. The third-order valence-corrected chi connectivity index (χ3v) is 34.6. The maximum absolute atomic E-state index is 8.26. The van der Waals surface area contributed by atoms with E-state index in [0.29, 0.717) is 10.1 Å². The van der Waals surface area contributed by atoms with Gasteiger partial charge in [-0.3, -0.25) is 0 Å². The molecule has 0 heterocycles. The van der Waals surface area contributed by atoms with E-state index in [0.717, 1.165) is 25.3 Å². The van der Waals surface area contributed by atoms with Crippen LogP contribution in [0.4, 0.5) is 0 Å². The van der Waals surface area contributed by atoms with Crippen LogP contribution in [0.5, 0.6) is 0 Å². The van der Waals surface area contributed by atoms with Crippen LogP contribution in [0.2, 0.25) is 138 Å². The summed E-state index contributed by atoms with van der Waals surface area (Å²) in [6, 6.07) is 34.2. The molecule has 0 saturated carbocycles. The number of unbranched alkanes of at least 4 members (excludes halogenated alkanes) is 2. The van der Waals surface area contributed by atoms with Gasteiger partial charge in [0.05, 0.1) is 36.4 Å². The van der Waals surface area contributed by atoms with Gasteiger partial charge in [-0.25, -0.2) is 0 Å². The molecule has 0 radical (unpaired) electrons. The van der Waals surface area contributed by atoms with Gasteiger partial charge >= 0.3 is 0 Å². The second-order valence-corrected chi connectivity index (χ2v) is 56.8. The van der Waals surface area contributed by atoms with Crippen molar-refractivity contribution in [1.82, 2.24) is 0 Å². The zero-order chi connectivity index (χ0) is 46.7. The van der Waals surface area contributed by atoms with Gasteiger partial charge < -0.3 is 0 Å². The molecule has 8 heteroatoms. The minimum absolute atomic E-state index is 0.519. The Morgan fingerprint density at radius 3 is 0.983 bits per heavy atom. The van der Waals surface area contributed by atoms with Gasteiger partial charge in [-0.05, 0) is 22.5 Å². The van der Waals surface area contributed by atoms with E-state index in [4.69, 9.17) is 10.5 Å². The van der Waals surface area contributed by atoms with Gasteiger partial charge in [-0.2, -0.15) is 10.5 Å². The molecule has 0 aliphatic rings. The lowest BCUT2D eigenvalue weighted by Crippen LogP contribution is -2.45. The van der Waals surface area contributed by atoms with Crippen LogP contribution in [0.3, 0.4) is 0 Å².